The molecule has 9 nitrogen and oxygen atoms in total. The molecule has 126 valence electrons. The van der Waals surface area contributed by atoms with Crippen molar-refractivity contribution >= 4 is 17.9 Å². The Balaban J connectivity index is 2.94. The summed E-state index contributed by atoms with van der Waals surface area (Å²) in [6, 6.07) is 0. The van der Waals surface area contributed by atoms with Gasteiger partial charge in [-0.05, 0) is 0 Å². The molecule has 0 bridgehead atoms. The monoisotopic (exact) mass is 320 g/mol. The second-order valence-electron chi connectivity index (χ2n) is 4.72. The molecule has 5 atom stereocenters. The largest absolute Gasteiger partial charge is 0.463 e. The Labute approximate surface area is 127 Å². The summed E-state index contributed by atoms with van der Waals surface area (Å²) >= 11 is 0. The molecule has 1 fully saturated rings. The van der Waals surface area contributed by atoms with E-state index in [1.165, 1.54) is 14.0 Å². The molecule has 9 heteroatoms. The number of methoxy groups -OCH3 is 1. The molecule has 0 saturated carbocycles. The Morgan fingerprint density at radius 3 is 2.00 bits per heavy atom. The highest BCUT2D eigenvalue weighted by molar-refractivity contribution is 5.67. The van der Waals surface area contributed by atoms with Crippen LogP contribution in [0.2, 0.25) is 0 Å². The molecule has 0 radical (unpaired) electrons. The van der Waals surface area contributed by atoms with E-state index >= 15 is 0 Å². The van der Waals surface area contributed by atoms with Gasteiger partial charge in [0.25, 0.3) is 0 Å². The van der Waals surface area contributed by atoms with Crippen LogP contribution in [0.4, 0.5) is 0 Å². The van der Waals surface area contributed by atoms with E-state index < -0.39 is 48.6 Å². The van der Waals surface area contributed by atoms with Crippen LogP contribution in [-0.2, 0) is 38.1 Å². The van der Waals surface area contributed by atoms with Crippen molar-refractivity contribution in [3.05, 3.63) is 0 Å². The molecule has 0 aromatic heterocycles. The molecule has 1 aliphatic heterocycles. The molecule has 1 N–H and O–H groups in total. The molecule has 1 rings (SSSR count). The summed E-state index contributed by atoms with van der Waals surface area (Å²) in [5, 5.41) is 10.3. The number of rotatable bonds is 5. The first-order chi connectivity index (χ1) is 10.3. The van der Waals surface area contributed by atoms with E-state index in [2.05, 4.69) is 0 Å². The summed E-state index contributed by atoms with van der Waals surface area (Å²) in [6.07, 6.45) is -5.80. The standard InChI is InChI=1S/C13H20O9/c1-6(14)19-5-9-11(20-7(2)15)10(17)12(21-8(3)16)13(18-4)22-9/h9-13,17H,5H2,1-4H3/t9-,10+,11-,12-,13+/m1/s1. The van der Waals surface area contributed by atoms with Gasteiger partial charge in [-0.3, -0.25) is 14.4 Å². The predicted molar refractivity (Wildman–Crippen MR) is 69.4 cm³/mol. The van der Waals surface area contributed by atoms with Crippen LogP contribution >= 0.6 is 0 Å². The van der Waals surface area contributed by atoms with Crippen molar-refractivity contribution in [3.63, 3.8) is 0 Å². The Morgan fingerprint density at radius 2 is 1.55 bits per heavy atom. The summed E-state index contributed by atoms with van der Waals surface area (Å²) in [7, 11) is 1.29. The van der Waals surface area contributed by atoms with Crippen molar-refractivity contribution in [2.24, 2.45) is 0 Å². The van der Waals surface area contributed by atoms with Crippen LogP contribution in [0.1, 0.15) is 20.8 Å². The minimum atomic E-state index is -1.40. The third-order valence-corrected chi connectivity index (χ3v) is 2.90. The van der Waals surface area contributed by atoms with Crippen molar-refractivity contribution in [2.75, 3.05) is 13.7 Å². The molecule has 22 heavy (non-hydrogen) atoms. The summed E-state index contributed by atoms with van der Waals surface area (Å²) in [6.45, 7) is 3.26. The Bertz CT molecular complexity index is 420. The van der Waals surface area contributed by atoms with E-state index in [9.17, 15) is 19.5 Å². The second kappa shape index (κ2) is 8.06. The van der Waals surface area contributed by atoms with Crippen LogP contribution < -0.4 is 0 Å². The first kappa shape index (κ1) is 18.3. The minimum absolute atomic E-state index is 0.253. The average Bonchev–Trinajstić information content (AvgIpc) is 2.41. The number of aliphatic hydroxyl groups is 1. The number of aliphatic hydroxyl groups excluding tert-OH is 1. The van der Waals surface area contributed by atoms with Crippen LogP contribution in [0.25, 0.3) is 0 Å². The van der Waals surface area contributed by atoms with Gasteiger partial charge in [-0.1, -0.05) is 0 Å². The lowest BCUT2D eigenvalue weighted by Gasteiger charge is -2.42. The molecule has 0 unspecified atom stereocenters. The molecule has 0 aliphatic carbocycles. The molecule has 1 heterocycles. The smallest absolute Gasteiger partial charge is 0.303 e. The maximum absolute atomic E-state index is 11.2. The highest BCUT2D eigenvalue weighted by atomic mass is 16.7. The number of hydrogen-bond acceptors (Lipinski definition) is 9. The van der Waals surface area contributed by atoms with Gasteiger partial charge < -0.3 is 28.8 Å². The normalized spacial score (nSPS) is 31.2. The Morgan fingerprint density at radius 1 is 1.00 bits per heavy atom. The predicted octanol–water partition coefficient (Wildman–Crippen LogP) is -0.855. The van der Waals surface area contributed by atoms with Crippen molar-refractivity contribution in [1.82, 2.24) is 0 Å². The zero-order valence-electron chi connectivity index (χ0n) is 12.8. The zero-order valence-corrected chi connectivity index (χ0v) is 12.8. The van der Waals surface area contributed by atoms with Crippen LogP contribution in [0.5, 0.6) is 0 Å². The molecule has 0 aromatic rings. The summed E-state index contributed by atoms with van der Waals surface area (Å²) < 4.78 is 25.3. The van der Waals surface area contributed by atoms with Crippen molar-refractivity contribution in [3.8, 4) is 0 Å². The first-order valence-corrected chi connectivity index (χ1v) is 6.60. The fourth-order valence-electron chi connectivity index (χ4n) is 2.07. The van der Waals surface area contributed by atoms with Crippen LogP contribution in [-0.4, -0.2) is 67.4 Å². The van der Waals surface area contributed by atoms with Gasteiger partial charge in [-0.15, -0.1) is 0 Å². The van der Waals surface area contributed by atoms with E-state index in [0.717, 1.165) is 13.8 Å². The molecule has 1 saturated heterocycles. The number of esters is 3. The topological polar surface area (TPSA) is 118 Å². The van der Waals surface area contributed by atoms with Gasteiger partial charge in [-0.25, -0.2) is 0 Å². The van der Waals surface area contributed by atoms with Crippen LogP contribution in [0.3, 0.4) is 0 Å². The van der Waals surface area contributed by atoms with E-state index in [1.807, 2.05) is 0 Å². The van der Waals surface area contributed by atoms with E-state index in [0.29, 0.717) is 0 Å². The number of carbonyl (C=O) groups excluding carboxylic acids is 3. The summed E-state index contributed by atoms with van der Waals surface area (Å²) in [5.74, 6) is -1.89. The SMILES string of the molecule is CO[C@H]1O[C@H](COC(C)=O)[C@@H](OC(C)=O)[C@H](O)[C@H]1OC(C)=O. The Hall–Kier alpha value is -1.71. The molecular formula is C13H20O9. The zero-order chi connectivity index (χ0) is 16.9. The van der Waals surface area contributed by atoms with E-state index in [1.54, 1.807) is 0 Å². The quantitative estimate of drug-likeness (QED) is 0.510. The lowest BCUT2D eigenvalue weighted by Crippen LogP contribution is -2.61. The second-order valence-corrected chi connectivity index (χ2v) is 4.72. The molecular weight excluding hydrogens is 300 g/mol. The summed E-state index contributed by atoms with van der Waals surface area (Å²) in [4.78, 5) is 33.2. The lowest BCUT2D eigenvalue weighted by atomic mass is 9.98. The average molecular weight is 320 g/mol. The van der Waals surface area contributed by atoms with E-state index in [4.69, 9.17) is 23.7 Å². The Kier molecular flexibility index (Phi) is 6.72. The maximum atomic E-state index is 11.2. The van der Waals surface area contributed by atoms with Gasteiger partial charge in [0.15, 0.2) is 18.5 Å². The third kappa shape index (κ3) is 4.93. The van der Waals surface area contributed by atoms with Gasteiger partial charge >= 0.3 is 17.9 Å². The highest BCUT2D eigenvalue weighted by Crippen LogP contribution is 2.27. The molecule has 1 aliphatic rings. The van der Waals surface area contributed by atoms with Crippen LogP contribution in [0.15, 0.2) is 0 Å². The van der Waals surface area contributed by atoms with Crippen molar-refractivity contribution < 1.29 is 43.2 Å². The van der Waals surface area contributed by atoms with Crippen LogP contribution in [0, 0.1) is 0 Å². The van der Waals surface area contributed by atoms with Gasteiger partial charge in [0, 0.05) is 27.9 Å². The fraction of sp³-hybridized carbons (Fsp3) is 0.769. The summed E-state index contributed by atoms with van der Waals surface area (Å²) in [5.41, 5.74) is 0. The fourth-order valence-corrected chi connectivity index (χ4v) is 2.07. The third-order valence-electron chi connectivity index (χ3n) is 2.90. The van der Waals surface area contributed by atoms with Gasteiger partial charge in [0.05, 0.1) is 0 Å². The number of ether oxygens (including phenoxy) is 5. The van der Waals surface area contributed by atoms with Crippen molar-refractivity contribution in [2.45, 2.75) is 51.5 Å². The number of hydrogen-bond donors (Lipinski definition) is 1. The van der Waals surface area contributed by atoms with Crippen molar-refractivity contribution in [1.29, 1.82) is 0 Å². The molecule has 0 amide bonds. The minimum Gasteiger partial charge on any atom is -0.463 e. The number of carbonyl (C=O) groups is 3. The van der Waals surface area contributed by atoms with Gasteiger partial charge in [-0.2, -0.15) is 0 Å². The lowest BCUT2D eigenvalue weighted by molar-refractivity contribution is -0.300. The first-order valence-electron chi connectivity index (χ1n) is 6.60. The van der Waals surface area contributed by atoms with Gasteiger partial charge in [0.2, 0.25) is 0 Å². The van der Waals surface area contributed by atoms with E-state index in [-0.39, 0.29) is 6.61 Å². The molecule has 0 spiro atoms. The molecule has 0 aromatic carbocycles. The highest BCUT2D eigenvalue weighted by Gasteiger charge is 2.49. The van der Waals surface area contributed by atoms with Gasteiger partial charge in [0.1, 0.15) is 18.8 Å². The maximum Gasteiger partial charge on any atom is 0.303 e.